The summed E-state index contributed by atoms with van der Waals surface area (Å²) in [7, 11) is 0. The summed E-state index contributed by atoms with van der Waals surface area (Å²) in [4.78, 5) is 0. The Kier molecular flexibility index (Phi) is 1.86. The Labute approximate surface area is 80.5 Å². The Morgan fingerprint density at radius 2 is 2.33 bits per heavy atom. The maximum Gasteiger partial charge on any atom is 0.203 e. The van der Waals surface area contributed by atoms with Gasteiger partial charge in [-0.25, -0.2) is 0 Å². The van der Waals surface area contributed by atoms with E-state index in [0.29, 0.717) is 15.9 Å². The molecule has 0 saturated carbocycles. The minimum atomic E-state index is 0.438. The van der Waals surface area contributed by atoms with Crippen LogP contribution in [0.1, 0.15) is 0 Å². The third kappa shape index (κ3) is 1.23. The van der Waals surface area contributed by atoms with Crippen LogP contribution in [0.5, 0.6) is 0 Å². The van der Waals surface area contributed by atoms with Crippen LogP contribution in [0.2, 0.25) is 0 Å². The predicted octanol–water partition coefficient (Wildman–Crippen LogP) is 2.14. The third-order valence-electron chi connectivity index (χ3n) is 1.25. The van der Waals surface area contributed by atoms with E-state index in [1.165, 1.54) is 11.3 Å². The summed E-state index contributed by atoms with van der Waals surface area (Å²) in [5.74, 6) is 0.671. The van der Waals surface area contributed by atoms with Gasteiger partial charge < -0.3 is 10.2 Å². The molecule has 0 fully saturated rings. The number of hydrogen-bond donors (Lipinski definition) is 1. The van der Waals surface area contributed by atoms with E-state index in [1.807, 2.05) is 0 Å². The number of hydrogen-bond acceptors (Lipinski definition) is 5. The fourth-order valence-corrected chi connectivity index (χ4v) is 1.91. The summed E-state index contributed by atoms with van der Waals surface area (Å²) in [6, 6.07) is 1.80. The number of nitrogen functional groups attached to an aromatic ring is 1. The summed E-state index contributed by atoms with van der Waals surface area (Å²) in [5, 5.41) is 8.64. The summed E-state index contributed by atoms with van der Waals surface area (Å²) in [5.41, 5.74) is 5.42. The van der Waals surface area contributed by atoms with Gasteiger partial charge in [0, 0.05) is 0 Å². The molecule has 0 bridgehead atoms. The zero-order valence-corrected chi connectivity index (χ0v) is 8.22. The fourth-order valence-electron chi connectivity index (χ4n) is 0.773. The van der Waals surface area contributed by atoms with E-state index < -0.39 is 0 Å². The molecule has 0 aromatic carbocycles. The van der Waals surface area contributed by atoms with Gasteiger partial charge in [0.15, 0.2) is 10.8 Å². The molecule has 0 aliphatic heterocycles. The lowest BCUT2D eigenvalue weighted by molar-refractivity contribution is 0.580. The number of nitrogens with two attached hydrogens (primary N) is 1. The SMILES string of the molecule is Nc1nnc(-c2occc2Br)s1. The number of anilines is 1. The molecule has 0 amide bonds. The Morgan fingerprint density at radius 1 is 1.50 bits per heavy atom. The molecule has 12 heavy (non-hydrogen) atoms. The minimum Gasteiger partial charge on any atom is -0.461 e. The molecule has 2 N–H and O–H groups in total. The molecule has 2 rings (SSSR count). The monoisotopic (exact) mass is 245 g/mol. The maximum atomic E-state index is 5.42. The quantitative estimate of drug-likeness (QED) is 0.837. The number of halogens is 1. The molecule has 0 unspecified atom stereocenters. The molecule has 2 aromatic rings. The van der Waals surface area contributed by atoms with Gasteiger partial charge in [-0.05, 0) is 22.0 Å². The fraction of sp³-hybridized carbons (Fsp3) is 0. The van der Waals surface area contributed by atoms with Crippen molar-refractivity contribution < 1.29 is 4.42 Å². The largest absolute Gasteiger partial charge is 0.461 e. The average molecular weight is 246 g/mol. The van der Waals surface area contributed by atoms with Crippen LogP contribution in [-0.2, 0) is 0 Å². The average Bonchev–Trinajstić information content (AvgIpc) is 2.58. The molecule has 6 heteroatoms. The highest BCUT2D eigenvalue weighted by Crippen LogP contribution is 2.31. The molecule has 0 aliphatic rings. The van der Waals surface area contributed by atoms with Gasteiger partial charge in [0.2, 0.25) is 5.13 Å². The van der Waals surface area contributed by atoms with Crippen LogP contribution in [0.25, 0.3) is 10.8 Å². The van der Waals surface area contributed by atoms with Crippen LogP contribution in [0.4, 0.5) is 5.13 Å². The van der Waals surface area contributed by atoms with Crippen molar-refractivity contribution in [3.63, 3.8) is 0 Å². The number of furan rings is 1. The van der Waals surface area contributed by atoms with Crippen molar-refractivity contribution in [1.82, 2.24) is 10.2 Å². The molecule has 0 saturated heterocycles. The summed E-state index contributed by atoms with van der Waals surface area (Å²) in [6.45, 7) is 0. The van der Waals surface area contributed by atoms with Gasteiger partial charge in [0.25, 0.3) is 0 Å². The smallest absolute Gasteiger partial charge is 0.203 e. The second-order valence-electron chi connectivity index (χ2n) is 2.04. The van der Waals surface area contributed by atoms with Crippen LogP contribution in [-0.4, -0.2) is 10.2 Å². The highest BCUT2D eigenvalue weighted by molar-refractivity contribution is 9.10. The second-order valence-corrected chi connectivity index (χ2v) is 3.91. The Bertz CT molecular complexity index is 397. The predicted molar refractivity (Wildman–Crippen MR) is 49.7 cm³/mol. The van der Waals surface area contributed by atoms with Gasteiger partial charge >= 0.3 is 0 Å². The van der Waals surface area contributed by atoms with Crippen molar-refractivity contribution in [3.8, 4) is 10.8 Å². The third-order valence-corrected chi connectivity index (χ3v) is 2.63. The topological polar surface area (TPSA) is 64.9 Å². The summed E-state index contributed by atoms with van der Waals surface area (Å²) >= 11 is 4.61. The first-order valence-electron chi connectivity index (χ1n) is 3.09. The van der Waals surface area contributed by atoms with Crippen molar-refractivity contribution in [2.75, 3.05) is 5.73 Å². The first-order chi connectivity index (χ1) is 5.77. The van der Waals surface area contributed by atoms with Crippen LogP contribution in [0, 0.1) is 0 Å². The van der Waals surface area contributed by atoms with Crippen LogP contribution < -0.4 is 5.73 Å². The van der Waals surface area contributed by atoms with Gasteiger partial charge in [-0.2, -0.15) is 0 Å². The standard InChI is InChI=1S/C6H4BrN3OS/c7-3-1-2-11-4(3)5-9-10-6(8)12-5/h1-2H,(H2,8,10). The first-order valence-corrected chi connectivity index (χ1v) is 4.70. The van der Waals surface area contributed by atoms with Crippen molar-refractivity contribution in [2.24, 2.45) is 0 Å². The molecular formula is C6H4BrN3OS. The molecule has 4 nitrogen and oxygen atoms in total. The van der Waals surface area contributed by atoms with E-state index in [9.17, 15) is 0 Å². The minimum absolute atomic E-state index is 0.438. The maximum absolute atomic E-state index is 5.42. The van der Waals surface area contributed by atoms with E-state index in [0.717, 1.165) is 4.47 Å². The lowest BCUT2D eigenvalue weighted by Gasteiger charge is -1.86. The Hall–Kier alpha value is -0.880. The summed E-state index contributed by atoms with van der Waals surface area (Å²) in [6.07, 6.45) is 1.58. The molecule has 2 heterocycles. The van der Waals surface area contributed by atoms with E-state index in [4.69, 9.17) is 10.2 Å². The van der Waals surface area contributed by atoms with Gasteiger partial charge in [-0.3, -0.25) is 0 Å². The van der Waals surface area contributed by atoms with Crippen LogP contribution >= 0.6 is 27.3 Å². The number of aromatic nitrogens is 2. The first kappa shape index (κ1) is 7.75. The molecule has 2 aromatic heterocycles. The van der Waals surface area contributed by atoms with Crippen molar-refractivity contribution in [1.29, 1.82) is 0 Å². The normalized spacial score (nSPS) is 10.4. The zero-order valence-electron chi connectivity index (χ0n) is 5.82. The molecule has 0 atom stereocenters. The number of nitrogens with zero attached hydrogens (tertiary/aromatic N) is 2. The highest BCUT2D eigenvalue weighted by atomic mass is 79.9. The van der Waals surface area contributed by atoms with Crippen molar-refractivity contribution in [3.05, 3.63) is 16.8 Å². The lowest BCUT2D eigenvalue weighted by Crippen LogP contribution is -1.79. The van der Waals surface area contributed by atoms with Crippen LogP contribution in [0.15, 0.2) is 21.2 Å². The van der Waals surface area contributed by atoms with Gasteiger partial charge in [-0.15, -0.1) is 10.2 Å². The zero-order chi connectivity index (χ0) is 8.55. The van der Waals surface area contributed by atoms with Crippen LogP contribution in [0.3, 0.4) is 0 Å². The molecule has 62 valence electrons. The molecule has 0 radical (unpaired) electrons. The van der Waals surface area contributed by atoms with E-state index in [1.54, 1.807) is 12.3 Å². The molecule has 0 spiro atoms. The van der Waals surface area contributed by atoms with Gasteiger partial charge in [0.1, 0.15) is 0 Å². The van der Waals surface area contributed by atoms with E-state index >= 15 is 0 Å². The second kappa shape index (κ2) is 2.87. The Balaban J connectivity index is 2.50. The number of rotatable bonds is 1. The van der Waals surface area contributed by atoms with Gasteiger partial charge in [0.05, 0.1) is 10.7 Å². The van der Waals surface area contributed by atoms with Gasteiger partial charge in [-0.1, -0.05) is 11.3 Å². The highest BCUT2D eigenvalue weighted by Gasteiger charge is 2.11. The van der Waals surface area contributed by atoms with E-state index in [2.05, 4.69) is 26.1 Å². The van der Waals surface area contributed by atoms with E-state index in [-0.39, 0.29) is 0 Å². The molecule has 0 aliphatic carbocycles. The Morgan fingerprint density at radius 3 is 2.83 bits per heavy atom. The van der Waals surface area contributed by atoms with Crippen molar-refractivity contribution >= 4 is 32.4 Å². The van der Waals surface area contributed by atoms with Crippen molar-refractivity contribution in [2.45, 2.75) is 0 Å². The summed E-state index contributed by atoms with van der Waals surface area (Å²) < 4.78 is 6.03. The molecular weight excluding hydrogens is 242 g/mol. The lowest BCUT2D eigenvalue weighted by atomic mass is 10.5.